The van der Waals surface area contributed by atoms with E-state index in [1.54, 1.807) is 12.2 Å². The Hall–Kier alpha value is -2.33. The summed E-state index contributed by atoms with van der Waals surface area (Å²) in [6.45, 7) is 6.53. The highest BCUT2D eigenvalue weighted by Crippen LogP contribution is 2.08. The topological polar surface area (TPSA) is 37.9 Å². The molecule has 120 valence electrons. The predicted molar refractivity (Wildman–Crippen MR) is 89.9 cm³/mol. The lowest BCUT2D eigenvalue weighted by atomic mass is 10.2. The zero-order valence-electron chi connectivity index (χ0n) is 13.5. The Kier molecular flexibility index (Phi) is 4.93. The van der Waals surface area contributed by atoms with Gasteiger partial charge in [-0.05, 0) is 25.1 Å². The van der Waals surface area contributed by atoms with E-state index in [1.807, 2.05) is 30.0 Å². The Morgan fingerprint density at radius 2 is 1.91 bits per heavy atom. The first-order chi connectivity index (χ1) is 11.2. The second-order valence-corrected chi connectivity index (χ2v) is 6.02. The van der Waals surface area contributed by atoms with Gasteiger partial charge in [-0.15, -0.1) is 0 Å². The van der Waals surface area contributed by atoms with Crippen molar-refractivity contribution in [1.29, 1.82) is 0 Å². The summed E-state index contributed by atoms with van der Waals surface area (Å²) in [5.41, 5.74) is 1.36. The van der Waals surface area contributed by atoms with Crippen LogP contribution in [0.3, 0.4) is 0 Å². The minimum atomic E-state index is 0.0674. The van der Waals surface area contributed by atoms with Gasteiger partial charge in [-0.2, -0.15) is 0 Å². The summed E-state index contributed by atoms with van der Waals surface area (Å²) in [7, 11) is 0. The SMILES string of the molecule is Cc1ccc(C=CC(=O)N2CC[NH+](Cc3ccccc3)CC2)o1. The molecule has 4 heteroatoms. The summed E-state index contributed by atoms with van der Waals surface area (Å²) < 4.78 is 5.44. The largest absolute Gasteiger partial charge is 0.462 e. The van der Waals surface area contributed by atoms with Crippen molar-refractivity contribution in [3.63, 3.8) is 0 Å². The van der Waals surface area contributed by atoms with Gasteiger partial charge in [0.2, 0.25) is 5.91 Å². The fourth-order valence-electron chi connectivity index (χ4n) is 2.91. The van der Waals surface area contributed by atoms with Crippen molar-refractivity contribution in [2.24, 2.45) is 0 Å². The number of hydrogen-bond acceptors (Lipinski definition) is 2. The highest BCUT2D eigenvalue weighted by molar-refractivity contribution is 5.91. The summed E-state index contributed by atoms with van der Waals surface area (Å²) in [4.78, 5) is 15.7. The number of furan rings is 1. The molecule has 1 aromatic heterocycles. The fourth-order valence-corrected chi connectivity index (χ4v) is 2.91. The van der Waals surface area contributed by atoms with Crippen molar-refractivity contribution in [1.82, 2.24) is 4.90 Å². The first-order valence-corrected chi connectivity index (χ1v) is 8.11. The number of quaternary nitrogens is 1. The van der Waals surface area contributed by atoms with E-state index in [9.17, 15) is 4.79 Å². The number of amides is 1. The second kappa shape index (κ2) is 7.29. The Labute approximate surface area is 137 Å². The first-order valence-electron chi connectivity index (χ1n) is 8.11. The summed E-state index contributed by atoms with van der Waals surface area (Å²) in [5, 5.41) is 0. The Balaban J connectivity index is 1.48. The predicted octanol–water partition coefficient (Wildman–Crippen LogP) is 1.53. The van der Waals surface area contributed by atoms with E-state index in [0.29, 0.717) is 0 Å². The van der Waals surface area contributed by atoms with Crippen molar-refractivity contribution in [2.75, 3.05) is 26.2 Å². The van der Waals surface area contributed by atoms with E-state index in [-0.39, 0.29) is 5.91 Å². The monoisotopic (exact) mass is 311 g/mol. The molecule has 3 rings (SSSR count). The molecule has 0 aliphatic carbocycles. The van der Waals surface area contributed by atoms with Crippen LogP contribution in [-0.4, -0.2) is 37.0 Å². The van der Waals surface area contributed by atoms with Crippen molar-refractivity contribution >= 4 is 12.0 Å². The molecule has 0 unspecified atom stereocenters. The highest BCUT2D eigenvalue weighted by atomic mass is 16.3. The van der Waals surface area contributed by atoms with Crippen molar-refractivity contribution in [3.8, 4) is 0 Å². The molecule has 0 bridgehead atoms. The second-order valence-electron chi connectivity index (χ2n) is 6.02. The lowest BCUT2D eigenvalue weighted by Crippen LogP contribution is -3.13. The number of carbonyl (C=O) groups is 1. The zero-order chi connectivity index (χ0) is 16.1. The molecule has 2 heterocycles. The van der Waals surface area contributed by atoms with Crippen molar-refractivity contribution < 1.29 is 14.1 Å². The Bertz CT molecular complexity index is 668. The van der Waals surface area contributed by atoms with Crippen LogP contribution in [0.1, 0.15) is 17.1 Å². The maximum atomic E-state index is 12.2. The van der Waals surface area contributed by atoms with Gasteiger partial charge in [-0.1, -0.05) is 30.3 Å². The third-order valence-corrected chi connectivity index (χ3v) is 4.23. The molecule has 1 N–H and O–H groups in total. The van der Waals surface area contributed by atoms with Crippen LogP contribution < -0.4 is 4.90 Å². The molecular formula is C19H23N2O2+. The summed E-state index contributed by atoms with van der Waals surface area (Å²) >= 11 is 0. The van der Waals surface area contributed by atoms with Gasteiger partial charge in [0.05, 0.1) is 26.2 Å². The van der Waals surface area contributed by atoms with E-state index >= 15 is 0 Å². The number of aryl methyl sites for hydroxylation is 1. The normalized spacial score (nSPS) is 16.1. The van der Waals surface area contributed by atoms with Gasteiger partial charge in [0.15, 0.2) is 0 Å². The van der Waals surface area contributed by atoms with Crippen LogP contribution in [0.25, 0.3) is 6.08 Å². The summed E-state index contributed by atoms with van der Waals surface area (Å²) in [5.74, 6) is 1.65. The Morgan fingerprint density at radius 3 is 2.57 bits per heavy atom. The van der Waals surface area contributed by atoms with Crippen LogP contribution >= 0.6 is 0 Å². The van der Waals surface area contributed by atoms with E-state index < -0.39 is 0 Å². The average molecular weight is 311 g/mol. The van der Waals surface area contributed by atoms with Crippen LogP contribution in [0, 0.1) is 6.92 Å². The number of carbonyl (C=O) groups excluding carboxylic acids is 1. The zero-order valence-corrected chi connectivity index (χ0v) is 13.5. The van der Waals surface area contributed by atoms with E-state index in [1.165, 1.54) is 10.5 Å². The highest BCUT2D eigenvalue weighted by Gasteiger charge is 2.22. The van der Waals surface area contributed by atoms with E-state index in [4.69, 9.17) is 4.42 Å². The van der Waals surface area contributed by atoms with Gasteiger partial charge in [-0.25, -0.2) is 0 Å². The van der Waals surface area contributed by atoms with Gasteiger partial charge in [-0.3, -0.25) is 4.79 Å². The van der Waals surface area contributed by atoms with E-state index in [2.05, 4.69) is 24.3 Å². The molecule has 1 saturated heterocycles. The number of piperazine rings is 1. The number of nitrogens with zero attached hydrogens (tertiary/aromatic N) is 1. The number of rotatable bonds is 4. The molecule has 1 fully saturated rings. The molecule has 1 amide bonds. The standard InChI is InChI=1S/C19H22N2O2/c1-16-7-8-18(23-16)9-10-19(22)21-13-11-20(12-14-21)15-17-5-3-2-4-6-17/h2-10H,11-15H2,1H3/p+1. The first kappa shape index (κ1) is 15.6. The maximum absolute atomic E-state index is 12.2. The van der Waals surface area contributed by atoms with Crippen LogP contribution in [-0.2, 0) is 11.3 Å². The number of nitrogens with one attached hydrogen (secondary N) is 1. The molecular weight excluding hydrogens is 288 g/mol. The van der Waals surface area contributed by atoms with E-state index in [0.717, 1.165) is 44.2 Å². The van der Waals surface area contributed by atoms with Gasteiger partial charge < -0.3 is 14.2 Å². The third kappa shape index (κ3) is 4.33. The summed E-state index contributed by atoms with van der Waals surface area (Å²) in [6, 6.07) is 14.3. The van der Waals surface area contributed by atoms with Crippen molar-refractivity contribution in [3.05, 3.63) is 65.6 Å². The van der Waals surface area contributed by atoms with Gasteiger partial charge in [0, 0.05) is 11.6 Å². The molecule has 1 aliphatic rings. The summed E-state index contributed by atoms with van der Waals surface area (Å²) in [6.07, 6.45) is 3.36. The minimum absolute atomic E-state index is 0.0674. The van der Waals surface area contributed by atoms with Gasteiger partial charge in [0.25, 0.3) is 0 Å². The molecule has 0 radical (unpaired) electrons. The maximum Gasteiger partial charge on any atom is 0.247 e. The molecule has 2 aromatic rings. The molecule has 0 spiro atoms. The molecule has 4 nitrogen and oxygen atoms in total. The van der Waals surface area contributed by atoms with Crippen LogP contribution in [0.4, 0.5) is 0 Å². The molecule has 1 aliphatic heterocycles. The molecule has 0 atom stereocenters. The van der Waals surface area contributed by atoms with Gasteiger partial charge in [0.1, 0.15) is 18.1 Å². The minimum Gasteiger partial charge on any atom is -0.462 e. The van der Waals surface area contributed by atoms with Crippen molar-refractivity contribution in [2.45, 2.75) is 13.5 Å². The number of benzene rings is 1. The Morgan fingerprint density at radius 1 is 1.17 bits per heavy atom. The van der Waals surface area contributed by atoms with Crippen LogP contribution in [0.2, 0.25) is 0 Å². The third-order valence-electron chi connectivity index (χ3n) is 4.23. The lowest BCUT2D eigenvalue weighted by Gasteiger charge is -2.31. The fraction of sp³-hybridized carbons (Fsp3) is 0.316. The number of hydrogen-bond donors (Lipinski definition) is 1. The average Bonchev–Trinajstić information content (AvgIpc) is 3.00. The van der Waals surface area contributed by atoms with Crippen LogP contribution in [0.5, 0.6) is 0 Å². The molecule has 1 aromatic carbocycles. The molecule has 23 heavy (non-hydrogen) atoms. The van der Waals surface area contributed by atoms with Crippen LogP contribution in [0.15, 0.2) is 53.0 Å². The smallest absolute Gasteiger partial charge is 0.247 e. The quantitative estimate of drug-likeness (QED) is 0.870. The lowest BCUT2D eigenvalue weighted by molar-refractivity contribution is -0.917. The molecule has 0 saturated carbocycles. The van der Waals surface area contributed by atoms with Gasteiger partial charge >= 0.3 is 0 Å².